The number of hydrogen-bond acceptors (Lipinski definition) is 5. The molecule has 2 rings (SSSR count). The van der Waals surface area contributed by atoms with Gasteiger partial charge in [0.2, 0.25) is 0 Å². The van der Waals surface area contributed by atoms with Gasteiger partial charge in [-0.3, -0.25) is 0 Å². The van der Waals surface area contributed by atoms with Crippen molar-refractivity contribution in [3.63, 3.8) is 0 Å². The first kappa shape index (κ1) is 14.8. The number of hydrogen-bond donors (Lipinski definition) is 2. The SMILES string of the molecule is CCOC(=O)c1ccc(NCC2CCCCC2O)nc1. The molecule has 2 atom stereocenters. The van der Waals surface area contributed by atoms with Crippen molar-refractivity contribution in [2.45, 2.75) is 38.7 Å². The van der Waals surface area contributed by atoms with Gasteiger partial charge >= 0.3 is 5.97 Å². The zero-order valence-electron chi connectivity index (χ0n) is 11.8. The molecule has 0 aliphatic heterocycles. The summed E-state index contributed by atoms with van der Waals surface area (Å²) in [7, 11) is 0. The van der Waals surface area contributed by atoms with E-state index in [1.165, 1.54) is 12.6 Å². The van der Waals surface area contributed by atoms with Crippen LogP contribution in [0.4, 0.5) is 5.82 Å². The number of anilines is 1. The molecule has 2 unspecified atom stereocenters. The molecule has 20 heavy (non-hydrogen) atoms. The first-order valence-electron chi connectivity index (χ1n) is 7.26. The number of esters is 1. The number of nitrogens with zero attached hydrogens (tertiary/aromatic N) is 1. The van der Waals surface area contributed by atoms with Crippen molar-refractivity contribution in [1.29, 1.82) is 0 Å². The molecule has 0 saturated heterocycles. The molecule has 2 N–H and O–H groups in total. The number of pyridine rings is 1. The highest BCUT2D eigenvalue weighted by Crippen LogP contribution is 2.24. The Hall–Kier alpha value is -1.62. The Morgan fingerprint density at radius 2 is 2.25 bits per heavy atom. The second-order valence-electron chi connectivity index (χ2n) is 5.15. The van der Waals surface area contributed by atoms with Crippen LogP contribution in [-0.4, -0.2) is 35.3 Å². The summed E-state index contributed by atoms with van der Waals surface area (Å²) in [6.45, 7) is 2.85. The summed E-state index contributed by atoms with van der Waals surface area (Å²) in [5, 5.41) is 13.1. The van der Waals surface area contributed by atoms with Crippen molar-refractivity contribution in [1.82, 2.24) is 4.98 Å². The predicted molar refractivity (Wildman–Crippen MR) is 76.6 cm³/mol. The first-order valence-corrected chi connectivity index (χ1v) is 7.26. The monoisotopic (exact) mass is 278 g/mol. The lowest BCUT2D eigenvalue weighted by Crippen LogP contribution is -2.30. The lowest BCUT2D eigenvalue weighted by Gasteiger charge is -2.27. The van der Waals surface area contributed by atoms with E-state index < -0.39 is 0 Å². The van der Waals surface area contributed by atoms with Crippen molar-refractivity contribution in [2.24, 2.45) is 5.92 Å². The van der Waals surface area contributed by atoms with Gasteiger partial charge in [-0.1, -0.05) is 12.8 Å². The third kappa shape index (κ3) is 3.93. The topological polar surface area (TPSA) is 71.5 Å². The third-order valence-corrected chi connectivity index (χ3v) is 3.69. The quantitative estimate of drug-likeness (QED) is 0.808. The average molecular weight is 278 g/mol. The van der Waals surface area contributed by atoms with Gasteiger partial charge in [-0.15, -0.1) is 0 Å². The van der Waals surface area contributed by atoms with Crippen LogP contribution < -0.4 is 5.32 Å². The van der Waals surface area contributed by atoms with E-state index in [4.69, 9.17) is 4.74 Å². The number of nitrogens with one attached hydrogen (secondary N) is 1. The van der Waals surface area contributed by atoms with Gasteiger partial charge in [0.15, 0.2) is 0 Å². The molecule has 0 bridgehead atoms. The molecule has 0 amide bonds. The molecule has 1 aliphatic carbocycles. The van der Waals surface area contributed by atoms with E-state index in [9.17, 15) is 9.90 Å². The number of carbonyl (C=O) groups excluding carboxylic acids is 1. The van der Waals surface area contributed by atoms with Gasteiger partial charge in [0, 0.05) is 18.7 Å². The van der Waals surface area contributed by atoms with Crippen LogP contribution in [0.3, 0.4) is 0 Å². The highest BCUT2D eigenvalue weighted by molar-refractivity contribution is 5.89. The largest absolute Gasteiger partial charge is 0.462 e. The highest BCUT2D eigenvalue weighted by atomic mass is 16.5. The molecule has 5 nitrogen and oxygen atoms in total. The molecule has 1 aromatic heterocycles. The molecular weight excluding hydrogens is 256 g/mol. The summed E-state index contributed by atoms with van der Waals surface area (Å²) in [4.78, 5) is 15.7. The minimum atomic E-state index is -0.353. The highest BCUT2D eigenvalue weighted by Gasteiger charge is 2.22. The second kappa shape index (κ2) is 7.24. The maximum absolute atomic E-state index is 11.5. The molecule has 1 aliphatic rings. The van der Waals surface area contributed by atoms with Crippen LogP contribution in [0.5, 0.6) is 0 Å². The molecule has 110 valence electrons. The Bertz CT molecular complexity index is 433. The van der Waals surface area contributed by atoms with Crippen LogP contribution >= 0.6 is 0 Å². The Morgan fingerprint density at radius 1 is 1.45 bits per heavy atom. The van der Waals surface area contributed by atoms with Gasteiger partial charge in [-0.25, -0.2) is 9.78 Å². The van der Waals surface area contributed by atoms with Crippen LogP contribution in [0.25, 0.3) is 0 Å². The third-order valence-electron chi connectivity index (χ3n) is 3.69. The fraction of sp³-hybridized carbons (Fsp3) is 0.600. The maximum Gasteiger partial charge on any atom is 0.339 e. The van der Waals surface area contributed by atoms with Crippen LogP contribution in [0.15, 0.2) is 18.3 Å². The standard InChI is InChI=1S/C15H22N2O3/c1-2-20-15(19)12-7-8-14(17-10-12)16-9-11-5-3-4-6-13(11)18/h7-8,10-11,13,18H,2-6,9H2,1H3,(H,16,17). The molecule has 0 radical (unpaired) electrons. The molecule has 1 aromatic rings. The van der Waals surface area contributed by atoms with Crippen LogP contribution in [0, 0.1) is 5.92 Å². The Kier molecular flexibility index (Phi) is 5.35. The fourth-order valence-electron chi connectivity index (χ4n) is 2.50. The predicted octanol–water partition coefficient (Wildman–Crippen LogP) is 2.22. The van der Waals surface area contributed by atoms with Crippen LogP contribution in [-0.2, 0) is 4.74 Å². The van der Waals surface area contributed by atoms with Crippen LogP contribution in [0.1, 0.15) is 43.0 Å². The molecule has 0 spiro atoms. The lowest BCUT2D eigenvalue weighted by molar-refractivity contribution is 0.0526. The average Bonchev–Trinajstić information content (AvgIpc) is 2.47. The van der Waals surface area contributed by atoms with Gasteiger partial charge in [0.1, 0.15) is 5.82 Å². The summed E-state index contributed by atoms with van der Waals surface area (Å²) in [5.74, 6) is 0.653. The molecule has 1 heterocycles. The van der Waals surface area contributed by atoms with Crippen molar-refractivity contribution in [3.8, 4) is 0 Å². The van der Waals surface area contributed by atoms with Crippen molar-refractivity contribution in [2.75, 3.05) is 18.5 Å². The summed E-state index contributed by atoms with van der Waals surface area (Å²) in [6, 6.07) is 3.46. The smallest absolute Gasteiger partial charge is 0.339 e. The summed E-state index contributed by atoms with van der Waals surface area (Å²) < 4.78 is 4.90. The zero-order valence-corrected chi connectivity index (χ0v) is 11.8. The Morgan fingerprint density at radius 3 is 2.90 bits per heavy atom. The van der Waals surface area contributed by atoms with E-state index in [-0.39, 0.29) is 18.0 Å². The van der Waals surface area contributed by atoms with Crippen molar-refractivity contribution in [3.05, 3.63) is 23.9 Å². The molecule has 5 heteroatoms. The van der Waals surface area contributed by atoms with Crippen LogP contribution in [0.2, 0.25) is 0 Å². The van der Waals surface area contributed by atoms with Crippen molar-refractivity contribution >= 4 is 11.8 Å². The maximum atomic E-state index is 11.5. The fourth-order valence-corrected chi connectivity index (χ4v) is 2.50. The molecule has 1 fully saturated rings. The van der Waals surface area contributed by atoms with E-state index in [0.29, 0.717) is 18.7 Å². The zero-order chi connectivity index (χ0) is 14.4. The number of ether oxygens (including phenoxy) is 1. The number of aliphatic hydroxyl groups excluding tert-OH is 1. The van der Waals surface area contributed by atoms with Gasteiger partial charge in [-0.05, 0) is 31.9 Å². The lowest BCUT2D eigenvalue weighted by atomic mass is 9.86. The number of aromatic nitrogens is 1. The van der Waals surface area contributed by atoms with E-state index >= 15 is 0 Å². The first-order chi connectivity index (χ1) is 9.70. The number of aliphatic hydroxyl groups is 1. The van der Waals surface area contributed by atoms with Crippen molar-refractivity contribution < 1.29 is 14.6 Å². The van der Waals surface area contributed by atoms with E-state index in [1.807, 2.05) is 0 Å². The Labute approximate surface area is 119 Å². The van der Waals surface area contributed by atoms with Gasteiger partial charge in [0.05, 0.1) is 18.3 Å². The Balaban J connectivity index is 1.85. The van der Waals surface area contributed by atoms with E-state index in [1.54, 1.807) is 19.1 Å². The van der Waals surface area contributed by atoms with E-state index in [2.05, 4.69) is 10.3 Å². The minimum absolute atomic E-state index is 0.213. The minimum Gasteiger partial charge on any atom is -0.462 e. The second-order valence-corrected chi connectivity index (χ2v) is 5.15. The van der Waals surface area contributed by atoms with Gasteiger partial charge in [-0.2, -0.15) is 0 Å². The normalized spacial score (nSPS) is 22.3. The molecule has 1 saturated carbocycles. The van der Waals surface area contributed by atoms with E-state index in [0.717, 1.165) is 25.1 Å². The molecule has 0 aromatic carbocycles. The summed E-state index contributed by atoms with van der Waals surface area (Å²) in [5.41, 5.74) is 0.454. The summed E-state index contributed by atoms with van der Waals surface area (Å²) >= 11 is 0. The van der Waals surface area contributed by atoms with Gasteiger partial charge in [0.25, 0.3) is 0 Å². The number of rotatable bonds is 5. The van der Waals surface area contributed by atoms with Gasteiger partial charge < -0.3 is 15.2 Å². The molecular formula is C15H22N2O3. The number of carbonyl (C=O) groups is 1. The summed E-state index contributed by atoms with van der Waals surface area (Å²) in [6.07, 6.45) is 5.53.